The first kappa shape index (κ1) is 8.97. The third-order valence-corrected chi connectivity index (χ3v) is 2.82. The molecule has 0 bridgehead atoms. The highest BCUT2D eigenvalue weighted by Gasteiger charge is 2.10. The van der Waals surface area contributed by atoms with Crippen molar-refractivity contribution in [2.75, 3.05) is 6.54 Å². The Morgan fingerprint density at radius 3 is 2.54 bits per heavy atom. The lowest BCUT2D eigenvalue weighted by Gasteiger charge is -2.19. The van der Waals surface area contributed by atoms with E-state index in [2.05, 4.69) is 57.7 Å². The average Bonchev–Trinajstić information content (AvgIpc) is 2.20. The number of hydrogen-bond donors (Lipinski definition) is 1. The molecule has 1 aliphatic rings. The van der Waals surface area contributed by atoms with Gasteiger partial charge in [-0.1, -0.05) is 40.2 Å². The average molecular weight is 238 g/mol. The molecule has 1 nitrogen and oxygen atoms in total. The van der Waals surface area contributed by atoms with Crippen molar-refractivity contribution in [3.8, 4) is 0 Å². The zero-order valence-electron chi connectivity index (χ0n) is 7.33. The first-order valence-electron chi connectivity index (χ1n) is 4.50. The Morgan fingerprint density at radius 2 is 1.92 bits per heavy atom. The van der Waals surface area contributed by atoms with E-state index in [0.29, 0.717) is 6.04 Å². The normalized spacial score (nSPS) is 21.8. The van der Waals surface area contributed by atoms with E-state index in [9.17, 15) is 0 Å². The number of rotatable bonds is 1. The van der Waals surface area contributed by atoms with Gasteiger partial charge in [0.2, 0.25) is 0 Å². The lowest BCUT2D eigenvalue weighted by Crippen LogP contribution is -2.23. The summed E-state index contributed by atoms with van der Waals surface area (Å²) in [6.45, 7) is 0.987. The minimum absolute atomic E-state index is 0.498. The molecule has 1 aliphatic heterocycles. The van der Waals surface area contributed by atoms with Crippen molar-refractivity contribution in [1.29, 1.82) is 0 Å². The fourth-order valence-electron chi connectivity index (χ4n) is 1.56. The Kier molecular flexibility index (Phi) is 2.81. The van der Waals surface area contributed by atoms with E-state index in [1.165, 1.54) is 5.56 Å². The molecule has 0 aromatic heterocycles. The van der Waals surface area contributed by atoms with Crippen LogP contribution in [0.3, 0.4) is 0 Å². The van der Waals surface area contributed by atoms with Gasteiger partial charge in [0.15, 0.2) is 0 Å². The van der Waals surface area contributed by atoms with Crippen LogP contribution in [0, 0.1) is 0 Å². The third-order valence-electron chi connectivity index (χ3n) is 2.29. The van der Waals surface area contributed by atoms with Crippen molar-refractivity contribution in [1.82, 2.24) is 5.32 Å². The molecule has 1 heterocycles. The fraction of sp³-hybridized carbons (Fsp3) is 0.273. The van der Waals surface area contributed by atoms with E-state index in [-0.39, 0.29) is 0 Å². The molecule has 0 saturated carbocycles. The summed E-state index contributed by atoms with van der Waals surface area (Å²) in [6.07, 6.45) is 5.51. The molecule has 0 fully saturated rings. The molecular weight excluding hydrogens is 226 g/mol. The molecule has 13 heavy (non-hydrogen) atoms. The predicted octanol–water partition coefficient (Wildman–Crippen LogP) is 3.04. The van der Waals surface area contributed by atoms with Crippen LogP contribution in [0.4, 0.5) is 0 Å². The summed E-state index contributed by atoms with van der Waals surface area (Å²) in [5.41, 5.74) is 1.37. The van der Waals surface area contributed by atoms with Gasteiger partial charge in [-0.3, -0.25) is 0 Å². The quantitative estimate of drug-likeness (QED) is 0.741. The molecule has 1 unspecified atom stereocenters. The molecule has 1 atom stereocenters. The summed E-state index contributed by atoms with van der Waals surface area (Å²) in [6, 6.07) is 9.02. The van der Waals surface area contributed by atoms with E-state index in [1.54, 1.807) is 0 Å². The second-order valence-corrected chi connectivity index (χ2v) is 4.14. The first-order chi connectivity index (χ1) is 6.36. The molecule has 2 heteroatoms. The predicted molar refractivity (Wildman–Crippen MR) is 58.6 cm³/mol. The minimum atomic E-state index is 0.498. The Hall–Kier alpha value is -0.600. The maximum absolute atomic E-state index is 3.45. The van der Waals surface area contributed by atoms with E-state index in [0.717, 1.165) is 17.4 Å². The van der Waals surface area contributed by atoms with Crippen LogP contribution >= 0.6 is 15.9 Å². The third kappa shape index (κ3) is 2.20. The largest absolute Gasteiger partial charge is 0.306 e. The van der Waals surface area contributed by atoms with Crippen LogP contribution in [-0.4, -0.2) is 6.54 Å². The van der Waals surface area contributed by atoms with E-state index < -0.39 is 0 Å². The van der Waals surface area contributed by atoms with Gasteiger partial charge in [-0.15, -0.1) is 0 Å². The van der Waals surface area contributed by atoms with Crippen LogP contribution in [0.15, 0.2) is 40.9 Å². The number of hydrogen-bond acceptors (Lipinski definition) is 1. The Bertz CT molecular complexity index is 302. The van der Waals surface area contributed by atoms with Crippen molar-refractivity contribution in [3.05, 3.63) is 46.5 Å². The van der Waals surface area contributed by atoms with Gasteiger partial charge in [-0.2, -0.15) is 0 Å². The Balaban J connectivity index is 2.15. The summed E-state index contributed by atoms with van der Waals surface area (Å²) in [7, 11) is 0. The van der Waals surface area contributed by atoms with Crippen LogP contribution in [0.2, 0.25) is 0 Å². The van der Waals surface area contributed by atoms with Gasteiger partial charge in [0.05, 0.1) is 0 Å². The molecule has 2 rings (SSSR count). The molecule has 1 aromatic carbocycles. The highest BCUT2D eigenvalue weighted by Crippen LogP contribution is 2.21. The molecule has 0 saturated heterocycles. The summed E-state index contributed by atoms with van der Waals surface area (Å²) in [5, 5.41) is 3.45. The highest BCUT2D eigenvalue weighted by molar-refractivity contribution is 9.10. The van der Waals surface area contributed by atoms with Crippen molar-refractivity contribution >= 4 is 15.9 Å². The number of benzene rings is 1. The van der Waals surface area contributed by atoms with Gasteiger partial charge in [-0.05, 0) is 24.1 Å². The highest BCUT2D eigenvalue weighted by atomic mass is 79.9. The van der Waals surface area contributed by atoms with Gasteiger partial charge in [0, 0.05) is 17.1 Å². The second-order valence-electron chi connectivity index (χ2n) is 3.22. The lowest BCUT2D eigenvalue weighted by molar-refractivity contribution is 0.555. The molecule has 1 N–H and O–H groups in total. The molecule has 0 amide bonds. The van der Waals surface area contributed by atoms with Gasteiger partial charge in [0.25, 0.3) is 0 Å². The van der Waals surface area contributed by atoms with E-state index in [1.807, 2.05) is 0 Å². The van der Waals surface area contributed by atoms with Gasteiger partial charge in [0.1, 0.15) is 0 Å². The van der Waals surface area contributed by atoms with Gasteiger partial charge in [-0.25, -0.2) is 0 Å². The summed E-state index contributed by atoms with van der Waals surface area (Å²) < 4.78 is 1.14. The summed E-state index contributed by atoms with van der Waals surface area (Å²) in [4.78, 5) is 0. The summed E-state index contributed by atoms with van der Waals surface area (Å²) >= 11 is 3.44. The van der Waals surface area contributed by atoms with Crippen molar-refractivity contribution < 1.29 is 0 Å². The smallest absolute Gasteiger partial charge is 0.0357 e. The molecular formula is C11H12BrN. The first-order valence-corrected chi connectivity index (χ1v) is 5.29. The van der Waals surface area contributed by atoms with Gasteiger partial charge >= 0.3 is 0 Å². The number of nitrogens with one attached hydrogen (secondary N) is 1. The maximum Gasteiger partial charge on any atom is 0.0357 e. The zero-order chi connectivity index (χ0) is 9.10. The lowest BCUT2D eigenvalue weighted by atomic mass is 10.0. The van der Waals surface area contributed by atoms with Crippen LogP contribution in [0.5, 0.6) is 0 Å². The van der Waals surface area contributed by atoms with Crippen LogP contribution in [0.25, 0.3) is 0 Å². The van der Waals surface area contributed by atoms with Crippen LogP contribution in [-0.2, 0) is 0 Å². The topological polar surface area (TPSA) is 12.0 Å². The monoisotopic (exact) mass is 237 g/mol. The fourth-order valence-corrected chi connectivity index (χ4v) is 1.82. The van der Waals surface area contributed by atoms with Gasteiger partial charge < -0.3 is 5.32 Å². The molecule has 0 aliphatic carbocycles. The minimum Gasteiger partial charge on any atom is -0.306 e. The van der Waals surface area contributed by atoms with E-state index >= 15 is 0 Å². The summed E-state index contributed by atoms with van der Waals surface area (Å²) in [5.74, 6) is 0. The Labute approximate surface area is 87.0 Å². The second kappa shape index (κ2) is 4.07. The molecule has 1 aromatic rings. The standard InChI is InChI=1S/C11H12BrN/c12-10-6-4-9(5-7-10)11-3-1-2-8-13-11/h1-2,4-7,11,13H,3,8H2. The SMILES string of the molecule is Brc1ccc(C2CC=CCN2)cc1. The van der Waals surface area contributed by atoms with Crippen molar-refractivity contribution in [2.24, 2.45) is 0 Å². The maximum atomic E-state index is 3.45. The van der Waals surface area contributed by atoms with Crippen LogP contribution < -0.4 is 5.32 Å². The van der Waals surface area contributed by atoms with E-state index in [4.69, 9.17) is 0 Å². The van der Waals surface area contributed by atoms with Crippen LogP contribution in [0.1, 0.15) is 18.0 Å². The van der Waals surface area contributed by atoms with Crippen molar-refractivity contribution in [2.45, 2.75) is 12.5 Å². The molecule has 0 spiro atoms. The zero-order valence-corrected chi connectivity index (χ0v) is 8.92. The number of halogens is 1. The molecule has 0 radical (unpaired) electrons. The van der Waals surface area contributed by atoms with Crippen molar-refractivity contribution in [3.63, 3.8) is 0 Å². The Morgan fingerprint density at radius 1 is 1.15 bits per heavy atom. The molecule has 68 valence electrons.